The molecule has 30 heavy (non-hydrogen) atoms. The summed E-state index contributed by atoms with van der Waals surface area (Å²) >= 11 is 0. The second kappa shape index (κ2) is 9.23. The van der Waals surface area contributed by atoms with Crippen LogP contribution in [0.1, 0.15) is 23.2 Å². The number of anilines is 2. The van der Waals surface area contributed by atoms with Crippen LogP contribution in [0.2, 0.25) is 0 Å². The monoisotopic (exact) mass is 400 g/mol. The molecule has 2 N–H and O–H groups in total. The zero-order chi connectivity index (χ0) is 20.8. The van der Waals surface area contributed by atoms with Crippen LogP contribution in [0.4, 0.5) is 20.2 Å². The van der Waals surface area contributed by atoms with Gasteiger partial charge in [-0.05, 0) is 59.7 Å². The van der Waals surface area contributed by atoms with Gasteiger partial charge in [-0.2, -0.15) is 0 Å². The average Bonchev–Trinajstić information content (AvgIpc) is 2.80. The summed E-state index contributed by atoms with van der Waals surface area (Å²) in [5, 5.41) is 7.10. The predicted octanol–water partition coefficient (Wildman–Crippen LogP) is 6.97. The minimum atomic E-state index is -0.277. The van der Waals surface area contributed by atoms with Crippen molar-refractivity contribution in [3.8, 4) is 0 Å². The number of hydrogen-bond acceptors (Lipinski definition) is 2. The van der Waals surface area contributed by atoms with Gasteiger partial charge >= 0.3 is 0 Å². The van der Waals surface area contributed by atoms with E-state index in [1.54, 1.807) is 24.3 Å². The van der Waals surface area contributed by atoms with E-state index in [0.717, 1.165) is 22.5 Å². The minimum Gasteiger partial charge on any atom is -0.376 e. The normalized spacial score (nSPS) is 12.7. The quantitative estimate of drug-likeness (QED) is 0.350. The van der Waals surface area contributed by atoms with Crippen molar-refractivity contribution in [2.24, 2.45) is 0 Å². The molecular weight excluding hydrogens is 378 g/mol. The van der Waals surface area contributed by atoms with Gasteiger partial charge in [0.25, 0.3) is 0 Å². The van der Waals surface area contributed by atoms with Crippen LogP contribution in [0.25, 0.3) is 0 Å². The molecule has 0 bridgehead atoms. The summed E-state index contributed by atoms with van der Waals surface area (Å²) in [6.07, 6.45) is 0. The molecule has 4 rings (SSSR count). The molecule has 4 aromatic rings. The minimum absolute atomic E-state index is 0.163. The SMILES string of the molecule is Fc1ccc(N[C@H](c2ccccc2)[C@@H](Nc2ccc(F)cc2)c2ccccc2)cc1. The van der Waals surface area contributed by atoms with E-state index in [9.17, 15) is 8.78 Å². The highest BCUT2D eigenvalue weighted by Gasteiger charge is 2.25. The standard InChI is InChI=1S/C26H22F2N2/c27-21-11-15-23(16-12-21)29-25(19-7-3-1-4-8-19)26(20-9-5-2-6-10-20)30-24-17-13-22(28)14-18-24/h1-18,25-26,29-30H/t25-,26+. The van der Waals surface area contributed by atoms with Gasteiger partial charge in [0.2, 0.25) is 0 Å². The highest BCUT2D eigenvalue weighted by Crippen LogP contribution is 2.35. The highest BCUT2D eigenvalue weighted by molar-refractivity contribution is 5.51. The van der Waals surface area contributed by atoms with Crippen LogP contribution in [0.5, 0.6) is 0 Å². The summed E-state index contributed by atoms with van der Waals surface area (Å²) in [5.41, 5.74) is 3.77. The Morgan fingerprint density at radius 3 is 1.10 bits per heavy atom. The third-order valence-corrected chi connectivity index (χ3v) is 4.98. The molecular formula is C26H22F2N2. The van der Waals surface area contributed by atoms with E-state index in [4.69, 9.17) is 0 Å². The van der Waals surface area contributed by atoms with Gasteiger partial charge in [0, 0.05) is 11.4 Å². The second-order valence-corrected chi connectivity index (χ2v) is 7.08. The Hall–Kier alpha value is -3.66. The van der Waals surface area contributed by atoms with Crippen molar-refractivity contribution in [1.82, 2.24) is 0 Å². The molecule has 0 aromatic heterocycles. The van der Waals surface area contributed by atoms with Gasteiger partial charge in [-0.25, -0.2) is 8.78 Å². The van der Waals surface area contributed by atoms with E-state index in [1.807, 2.05) is 36.4 Å². The predicted molar refractivity (Wildman–Crippen MR) is 118 cm³/mol. The van der Waals surface area contributed by atoms with Gasteiger partial charge in [-0.15, -0.1) is 0 Å². The van der Waals surface area contributed by atoms with Gasteiger partial charge in [-0.3, -0.25) is 0 Å². The van der Waals surface area contributed by atoms with Crippen molar-refractivity contribution >= 4 is 11.4 Å². The molecule has 0 fully saturated rings. The van der Waals surface area contributed by atoms with Crippen LogP contribution in [-0.2, 0) is 0 Å². The van der Waals surface area contributed by atoms with E-state index in [2.05, 4.69) is 34.9 Å². The molecule has 150 valence electrons. The van der Waals surface area contributed by atoms with E-state index in [0.29, 0.717) is 0 Å². The molecule has 2 nitrogen and oxygen atoms in total. The van der Waals surface area contributed by atoms with Gasteiger partial charge in [0.15, 0.2) is 0 Å². The molecule has 0 saturated heterocycles. The lowest BCUT2D eigenvalue weighted by atomic mass is 9.92. The summed E-state index contributed by atoms with van der Waals surface area (Å²) in [7, 11) is 0. The van der Waals surface area contributed by atoms with E-state index >= 15 is 0 Å². The summed E-state index contributed by atoms with van der Waals surface area (Å²) in [6.45, 7) is 0. The van der Waals surface area contributed by atoms with E-state index in [-0.39, 0.29) is 23.7 Å². The fourth-order valence-electron chi connectivity index (χ4n) is 3.49. The molecule has 0 aliphatic rings. The van der Waals surface area contributed by atoms with Crippen molar-refractivity contribution in [3.05, 3.63) is 132 Å². The lowest BCUT2D eigenvalue weighted by Crippen LogP contribution is -2.25. The Bertz CT molecular complexity index is 961. The summed E-state index contributed by atoms with van der Waals surface area (Å²) in [5.74, 6) is -0.554. The number of benzene rings is 4. The Labute approximate surface area is 175 Å². The van der Waals surface area contributed by atoms with Crippen molar-refractivity contribution < 1.29 is 8.78 Å². The molecule has 0 spiro atoms. The Kier molecular flexibility index (Phi) is 6.04. The molecule has 4 aromatic carbocycles. The Morgan fingerprint density at radius 2 is 0.767 bits per heavy atom. The lowest BCUT2D eigenvalue weighted by Gasteiger charge is -2.31. The maximum Gasteiger partial charge on any atom is 0.123 e. The topological polar surface area (TPSA) is 24.1 Å². The third-order valence-electron chi connectivity index (χ3n) is 4.98. The van der Waals surface area contributed by atoms with Crippen LogP contribution >= 0.6 is 0 Å². The first-order valence-electron chi connectivity index (χ1n) is 9.83. The molecule has 0 heterocycles. The second-order valence-electron chi connectivity index (χ2n) is 7.08. The van der Waals surface area contributed by atoms with Crippen LogP contribution in [0.3, 0.4) is 0 Å². The first-order chi connectivity index (χ1) is 14.7. The first kappa shape index (κ1) is 19.6. The van der Waals surface area contributed by atoms with Gasteiger partial charge < -0.3 is 10.6 Å². The summed E-state index contributed by atoms with van der Waals surface area (Å²) in [6, 6.07) is 32.5. The molecule has 4 heteroatoms. The van der Waals surface area contributed by atoms with Crippen LogP contribution in [0, 0.1) is 11.6 Å². The van der Waals surface area contributed by atoms with Crippen molar-refractivity contribution in [2.75, 3.05) is 10.6 Å². The number of halogens is 2. The smallest absolute Gasteiger partial charge is 0.123 e. The maximum absolute atomic E-state index is 13.4. The van der Waals surface area contributed by atoms with Crippen molar-refractivity contribution in [3.63, 3.8) is 0 Å². The van der Waals surface area contributed by atoms with Crippen molar-refractivity contribution in [1.29, 1.82) is 0 Å². The Morgan fingerprint density at radius 1 is 0.433 bits per heavy atom. The summed E-state index contributed by atoms with van der Waals surface area (Å²) < 4.78 is 26.8. The number of rotatable bonds is 7. The van der Waals surface area contributed by atoms with Crippen LogP contribution in [0.15, 0.2) is 109 Å². The van der Waals surface area contributed by atoms with Gasteiger partial charge in [0.05, 0.1) is 12.1 Å². The molecule has 0 aliphatic carbocycles. The molecule has 0 aliphatic heterocycles. The van der Waals surface area contributed by atoms with Gasteiger partial charge in [0.1, 0.15) is 11.6 Å². The molecule has 2 atom stereocenters. The fraction of sp³-hybridized carbons (Fsp3) is 0.0769. The number of hydrogen-bond donors (Lipinski definition) is 2. The lowest BCUT2D eigenvalue weighted by molar-refractivity contribution is 0.624. The largest absolute Gasteiger partial charge is 0.376 e. The average molecular weight is 400 g/mol. The van der Waals surface area contributed by atoms with E-state index < -0.39 is 0 Å². The van der Waals surface area contributed by atoms with Crippen LogP contribution in [-0.4, -0.2) is 0 Å². The molecule has 0 unspecified atom stereocenters. The highest BCUT2D eigenvalue weighted by atomic mass is 19.1. The first-order valence-corrected chi connectivity index (χ1v) is 9.83. The van der Waals surface area contributed by atoms with Gasteiger partial charge in [-0.1, -0.05) is 60.7 Å². The number of nitrogens with one attached hydrogen (secondary N) is 2. The zero-order valence-corrected chi connectivity index (χ0v) is 16.3. The maximum atomic E-state index is 13.4. The molecule has 0 radical (unpaired) electrons. The zero-order valence-electron chi connectivity index (χ0n) is 16.3. The Balaban J connectivity index is 1.75. The van der Waals surface area contributed by atoms with E-state index in [1.165, 1.54) is 24.3 Å². The summed E-state index contributed by atoms with van der Waals surface area (Å²) in [4.78, 5) is 0. The van der Waals surface area contributed by atoms with Crippen molar-refractivity contribution in [2.45, 2.75) is 12.1 Å². The fourth-order valence-corrected chi connectivity index (χ4v) is 3.49. The molecule has 0 saturated carbocycles. The molecule has 0 amide bonds. The van der Waals surface area contributed by atoms with Crippen LogP contribution < -0.4 is 10.6 Å². The third kappa shape index (κ3) is 4.84.